The molecule has 0 saturated carbocycles. The van der Waals surface area contributed by atoms with Crippen molar-refractivity contribution in [3.63, 3.8) is 0 Å². The van der Waals surface area contributed by atoms with Crippen LogP contribution in [0.3, 0.4) is 0 Å². The van der Waals surface area contributed by atoms with Crippen LogP contribution in [0.4, 0.5) is 0 Å². The second-order valence-electron chi connectivity index (χ2n) is 7.50. The smallest absolute Gasteiger partial charge is 0.213 e. The number of aromatic nitrogens is 3. The number of likely N-dealkylation sites (tertiary alicyclic amines) is 1. The second-order valence-corrected chi connectivity index (χ2v) is 7.50. The zero-order valence-electron chi connectivity index (χ0n) is 15.0. The van der Waals surface area contributed by atoms with E-state index < -0.39 is 0 Å². The first-order valence-electron chi connectivity index (χ1n) is 9.09. The lowest BCUT2D eigenvalue weighted by atomic mass is 9.84. The van der Waals surface area contributed by atoms with Crippen LogP contribution >= 0.6 is 0 Å². The van der Waals surface area contributed by atoms with E-state index in [1.807, 2.05) is 29.1 Å². The van der Waals surface area contributed by atoms with Gasteiger partial charge >= 0.3 is 0 Å². The molecule has 2 fully saturated rings. The van der Waals surface area contributed by atoms with E-state index in [4.69, 9.17) is 9.47 Å². The average molecular weight is 342 g/mol. The first-order chi connectivity index (χ1) is 12.1. The Hall–Kier alpha value is -1.92. The number of ether oxygens (including phenoxy) is 2. The molecule has 1 spiro atoms. The molecule has 6 heteroatoms. The zero-order valence-corrected chi connectivity index (χ0v) is 15.0. The minimum Gasteiger partial charge on any atom is -0.474 e. The lowest BCUT2D eigenvalue weighted by molar-refractivity contribution is -0.188. The Morgan fingerprint density at radius 3 is 2.96 bits per heavy atom. The van der Waals surface area contributed by atoms with Crippen LogP contribution in [-0.2, 0) is 11.3 Å². The highest BCUT2D eigenvalue weighted by atomic mass is 16.5. The first-order valence-corrected chi connectivity index (χ1v) is 9.09. The molecule has 2 saturated heterocycles. The van der Waals surface area contributed by atoms with E-state index in [0.29, 0.717) is 11.9 Å². The van der Waals surface area contributed by atoms with Crippen molar-refractivity contribution in [3.8, 4) is 5.88 Å². The number of nitrogens with zero attached hydrogens (tertiary/aromatic N) is 4. The predicted molar refractivity (Wildman–Crippen MR) is 94.5 cm³/mol. The summed E-state index contributed by atoms with van der Waals surface area (Å²) in [6.45, 7) is 7.91. The molecule has 6 nitrogen and oxygen atoms in total. The van der Waals surface area contributed by atoms with E-state index in [0.717, 1.165) is 39.1 Å². The van der Waals surface area contributed by atoms with E-state index in [1.165, 1.54) is 5.56 Å². The van der Waals surface area contributed by atoms with Crippen LogP contribution in [0.5, 0.6) is 5.88 Å². The summed E-state index contributed by atoms with van der Waals surface area (Å²) in [6.07, 6.45) is 7.94. The molecule has 1 unspecified atom stereocenters. The van der Waals surface area contributed by atoms with Gasteiger partial charge in [0.05, 0.1) is 18.4 Å². The van der Waals surface area contributed by atoms with Gasteiger partial charge in [0.1, 0.15) is 6.10 Å². The van der Waals surface area contributed by atoms with Gasteiger partial charge in [-0.05, 0) is 19.9 Å². The maximum Gasteiger partial charge on any atom is 0.213 e. The Morgan fingerprint density at radius 2 is 2.24 bits per heavy atom. The summed E-state index contributed by atoms with van der Waals surface area (Å²) in [5, 5.41) is 4.42. The van der Waals surface area contributed by atoms with Crippen molar-refractivity contribution in [1.82, 2.24) is 19.7 Å². The minimum absolute atomic E-state index is 0.0499. The van der Waals surface area contributed by atoms with Gasteiger partial charge in [-0.15, -0.1) is 0 Å². The van der Waals surface area contributed by atoms with E-state index in [2.05, 4.69) is 35.0 Å². The van der Waals surface area contributed by atoms with Crippen LogP contribution in [0.2, 0.25) is 0 Å². The summed E-state index contributed by atoms with van der Waals surface area (Å²) in [6, 6.07) is 6.19. The van der Waals surface area contributed by atoms with Crippen LogP contribution in [0, 0.1) is 0 Å². The van der Waals surface area contributed by atoms with E-state index in [-0.39, 0.29) is 11.7 Å². The van der Waals surface area contributed by atoms with Gasteiger partial charge < -0.3 is 9.47 Å². The van der Waals surface area contributed by atoms with Crippen LogP contribution in [0.15, 0.2) is 36.8 Å². The molecule has 4 rings (SSSR count). The van der Waals surface area contributed by atoms with Gasteiger partial charge in [0.2, 0.25) is 5.88 Å². The van der Waals surface area contributed by atoms with Crippen LogP contribution < -0.4 is 4.74 Å². The fraction of sp³-hybridized carbons (Fsp3) is 0.579. The second kappa shape index (κ2) is 6.77. The van der Waals surface area contributed by atoms with Crippen LogP contribution in [0.25, 0.3) is 0 Å². The topological polar surface area (TPSA) is 52.4 Å². The molecule has 2 aromatic heterocycles. The minimum atomic E-state index is -0.0499. The Balaban J connectivity index is 1.30. The number of rotatable bonds is 5. The lowest BCUT2D eigenvalue weighted by Gasteiger charge is -2.53. The molecule has 0 N–H and O–H groups in total. The molecule has 2 aromatic rings. The average Bonchev–Trinajstić information content (AvgIpc) is 3.04. The fourth-order valence-electron chi connectivity index (χ4n) is 3.77. The third-order valence-electron chi connectivity index (χ3n) is 4.99. The third-order valence-corrected chi connectivity index (χ3v) is 4.99. The van der Waals surface area contributed by atoms with Crippen molar-refractivity contribution in [2.75, 3.05) is 19.7 Å². The molecule has 0 aliphatic carbocycles. The van der Waals surface area contributed by atoms with Gasteiger partial charge in [0.25, 0.3) is 0 Å². The number of hydrogen-bond acceptors (Lipinski definition) is 5. The molecule has 0 amide bonds. The largest absolute Gasteiger partial charge is 0.474 e. The predicted octanol–water partition coefficient (Wildman–Crippen LogP) is 2.67. The van der Waals surface area contributed by atoms with E-state index in [9.17, 15) is 0 Å². The molecule has 0 bridgehead atoms. The maximum absolute atomic E-state index is 6.12. The monoisotopic (exact) mass is 342 g/mol. The molecule has 0 radical (unpaired) electrons. The molecule has 0 aromatic carbocycles. The van der Waals surface area contributed by atoms with E-state index >= 15 is 0 Å². The molecule has 1 atom stereocenters. The SMILES string of the molecule is CC(C)n1cc(CN2CC3(CC(Oc4ccccn4)CCO3)C2)cn1. The van der Waals surface area contributed by atoms with Crippen molar-refractivity contribution >= 4 is 0 Å². The molecular formula is C19H26N4O2. The van der Waals surface area contributed by atoms with Gasteiger partial charge in [-0.3, -0.25) is 9.58 Å². The summed E-state index contributed by atoms with van der Waals surface area (Å²) in [5.41, 5.74) is 1.21. The molecule has 2 aliphatic heterocycles. The number of pyridine rings is 1. The van der Waals surface area contributed by atoms with Gasteiger partial charge in [-0.25, -0.2) is 4.98 Å². The Bertz CT molecular complexity index is 694. The summed E-state index contributed by atoms with van der Waals surface area (Å²) in [7, 11) is 0. The van der Waals surface area contributed by atoms with Crippen LogP contribution in [0.1, 0.15) is 38.3 Å². The van der Waals surface area contributed by atoms with Crippen molar-refractivity contribution in [3.05, 3.63) is 42.4 Å². The zero-order chi connectivity index (χ0) is 17.3. The van der Waals surface area contributed by atoms with Crippen molar-refractivity contribution in [2.45, 2.75) is 51.0 Å². The molecule has 4 heterocycles. The van der Waals surface area contributed by atoms with Crippen LogP contribution in [-0.4, -0.2) is 51.1 Å². The van der Waals surface area contributed by atoms with Gasteiger partial charge in [-0.2, -0.15) is 5.10 Å². The highest BCUT2D eigenvalue weighted by molar-refractivity contribution is 5.12. The third kappa shape index (κ3) is 3.70. The normalized spacial score (nSPS) is 22.9. The van der Waals surface area contributed by atoms with E-state index in [1.54, 1.807) is 6.20 Å². The molecule has 25 heavy (non-hydrogen) atoms. The highest BCUT2D eigenvalue weighted by Crippen LogP contribution is 2.36. The fourth-order valence-corrected chi connectivity index (χ4v) is 3.77. The summed E-state index contributed by atoms with van der Waals surface area (Å²) in [5.74, 6) is 0.710. The van der Waals surface area contributed by atoms with Gasteiger partial charge in [-0.1, -0.05) is 6.07 Å². The van der Waals surface area contributed by atoms with Crippen molar-refractivity contribution in [2.24, 2.45) is 0 Å². The van der Waals surface area contributed by atoms with Crippen molar-refractivity contribution < 1.29 is 9.47 Å². The molecule has 134 valence electrons. The number of hydrogen-bond donors (Lipinski definition) is 0. The highest BCUT2D eigenvalue weighted by Gasteiger charge is 2.48. The molecular weight excluding hydrogens is 316 g/mol. The maximum atomic E-state index is 6.12. The Morgan fingerprint density at radius 1 is 1.36 bits per heavy atom. The van der Waals surface area contributed by atoms with Crippen molar-refractivity contribution in [1.29, 1.82) is 0 Å². The van der Waals surface area contributed by atoms with Gasteiger partial charge in [0.15, 0.2) is 0 Å². The quantitative estimate of drug-likeness (QED) is 0.836. The Kier molecular flexibility index (Phi) is 4.48. The summed E-state index contributed by atoms with van der Waals surface area (Å²) in [4.78, 5) is 6.69. The van der Waals surface area contributed by atoms with Gasteiger partial charge in [0, 0.05) is 62.5 Å². The lowest BCUT2D eigenvalue weighted by Crippen LogP contribution is -2.65. The summed E-state index contributed by atoms with van der Waals surface area (Å²) >= 11 is 0. The molecule has 2 aliphatic rings. The first kappa shape index (κ1) is 16.5. The Labute approximate surface area is 148 Å². The standard InChI is InChI=1S/C19H26N4O2/c1-15(2)23-12-16(10-21-23)11-22-13-19(14-22)9-17(6-8-24-19)25-18-5-3-4-7-20-18/h3-5,7,10,12,15,17H,6,8-9,11,13-14H2,1-2H3. The summed E-state index contributed by atoms with van der Waals surface area (Å²) < 4.78 is 14.2.